The molecule has 1 saturated heterocycles. The van der Waals surface area contributed by atoms with Gasteiger partial charge in [0.1, 0.15) is 17.5 Å². The molecule has 148 valence electrons. The first-order valence-corrected chi connectivity index (χ1v) is 9.68. The standard InChI is InChI=1S/C22H19N7O/c30-21-14-24-9-10-29(21)20-12-16(5-6-26-20)22-17-4-2-1-3-15(17)11-18(28-22)27-19-13-23-7-8-25-19/h1-8,11-13,24H,9-10,14H2,(H,25,27,28). The lowest BCUT2D eigenvalue weighted by Crippen LogP contribution is -2.48. The van der Waals surface area contributed by atoms with Crippen LogP contribution in [0.5, 0.6) is 0 Å². The molecule has 0 spiro atoms. The molecule has 0 atom stereocenters. The molecule has 1 amide bonds. The van der Waals surface area contributed by atoms with Crippen LogP contribution in [0.15, 0.2) is 67.3 Å². The average molecular weight is 397 g/mol. The van der Waals surface area contributed by atoms with E-state index in [1.54, 1.807) is 29.7 Å². The highest BCUT2D eigenvalue weighted by Gasteiger charge is 2.21. The first kappa shape index (κ1) is 18.1. The van der Waals surface area contributed by atoms with Crippen LogP contribution in [-0.2, 0) is 4.79 Å². The summed E-state index contributed by atoms with van der Waals surface area (Å²) in [6.45, 7) is 1.67. The van der Waals surface area contributed by atoms with Crippen LogP contribution in [0.4, 0.5) is 17.5 Å². The topological polar surface area (TPSA) is 95.9 Å². The Bertz CT molecular complexity index is 1210. The summed E-state index contributed by atoms with van der Waals surface area (Å²) in [6, 6.07) is 13.9. The number of aromatic nitrogens is 4. The number of nitrogens with one attached hydrogen (secondary N) is 2. The second-order valence-corrected chi connectivity index (χ2v) is 6.92. The van der Waals surface area contributed by atoms with Crippen LogP contribution in [-0.4, -0.2) is 45.5 Å². The molecular formula is C22H19N7O. The monoisotopic (exact) mass is 397 g/mol. The van der Waals surface area contributed by atoms with Crippen LogP contribution in [0.3, 0.4) is 0 Å². The van der Waals surface area contributed by atoms with Crippen molar-refractivity contribution in [3.63, 3.8) is 0 Å². The maximum atomic E-state index is 12.3. The molecule has 1 fully saturated rings. The molecule has 1 aliphatic rings. The van der Waals surface area contributed by atoms with Crippen LogP contribution in [0.25, 0.3) is 22.0 Å². The Hall–Kier alpha value is -3.91. The number of piperazine rings is 1. The van der Waals surface area contributed by atoms with Gasteiger partial charge in [-0.1, -0.05) is 24.3 Å². The minimum absolute atomic E-state index is 0.0155. The number of carbonyl (C=O) groups is 1. The van der Waals surface area contributed by atoms with Gasteiger partial charge in [-0.2, -0.15) is 0 Å². The summed E-state index contributed by atoms with van der Waals surface area (Å²) in [5.74, 6) is 1.94. The summed E-state index contributed by atoms with van der Waals surface area (Å²) < 4.78 is 0. The van der Waals surface area contributed by atoms with Crippen LogP contribution >= 0.6 is 0 Å². The van der Waals surface area contributed by atoms with Crippen molar-refractivity contribution in [1.29, 1.82) is 0 Å². The van der Waals surface area contributed by atoms with Crippen molar-refractivity contribution in [3.8, 4) is 11.3 Å². The van der Waals surface area contributed by atoms with Crippen molar-refractivity contribution < 1.29 is 4.79 Å². The second kappa shape index (κ2) is 7.84. The molecule has 0 aliphatic carbocycles. The van der Waals surface area contributed by atoms with Gasteiger partial charge in [0.2, 0.25) is 5.91 Å². The van der Waals surface area contributed by atoms with Crippen molar-refractivity contribution in [2.75, 3.05) is 29.9 Å². The molecule has 4 aromatic rings. The number of pyridine rings is 2. The summed E-state index contributed by atoms with van der Waals surface area (Å²) in [5.41, 5.74) is 1.70. The van der Waals surface area contributed by atoms with Crippen molar-refractivity contribution >= 4 is 34.1 Å². The normalized spacial score (nSPS) is 14.1. The lowest BCUT2D eigenvalue weighted by atomic mass is 10.0. The van der Waals surface area contributed by atoms with Crippen molar-refractivity contribution in [1.82, 2.24) is 25.3 Å². The van der Waals surface area contributed by atoms with Crippen molar-refractivity contribution in [2.45, 2.75) is 0 Å². The summed E-state index contributed by atoms with van der Waals surface area (Å²) in [5, 5.41) is 8.37. The zero-order valence-corrected chi connectivity index (χ0v) is 16.1. The number of anilines is 3. The fraction of sp³-hybridized carbons (Fsp3) is 0.136. The molecule has 30 heavy (non-hydrogen) atoms. The number of carbonyl (C=O) groups excluding carboxylic acids is 1. The predicted molar refractivity (Wildman–Crippen MR) is 116 cm³/mol. The molecule has 4 heterocycles. The minimum atomic E-state index is 0.0155. The highest BCUT2D eigenvalue weighted by Crippen LogP contribution is 2.31. The van der Waals surface area contributed by atoms with E-state index in [9.17, 15) is 4.79 Å². The lowest BCUT2D eigenvalue weighted by Gasteiger charge is -2.26. The van der Waals surface area contributed by atoms with E-state index in [1.807, 2.05) is 42.5 Å². The number of hydrogen-bond donors (Lipinski definition) is 2. The molecule has 0 unspecified atom stereocenters. The van der Waals surface area contributed by atoms with Crippen LogP contribution in [0.1, 0.15) is 0 Å². The Morgan fingerprint density at radius 2 is 1.93 bits per heavy atom. The molecule has 8 heteroatoms. The average Bonchev–Trinajstić information content (AvgIpc) is 2.80. The lowest BCUT2D eigenvalue weighted by molar-refractivity contribution is -0.118. The number of rotatable bonds is 4. The summed E-state index contributed by atoms with van der Waals surface area (Å²) in [4.78, 5) is 31.6. The third-order valence-corrected chi connectivity index (χ3v) is 4.94. The highest BCUT2D eigenvalue weighted by molar-refractivity contribution is 5.98. The first-order chi connectivity index (χ1) is 14.8. The van der Waals surface area contributed by atoms with Gasteiger partial charge in [0, 0.05) is 42.6 Å². The largest absolute Gasteiger partial charge is 0.324 e. The molecule has 5 rings (SSSR count). The van der Waals surface area contributed by atoms with Gasteiger partial charge in [-0.25, -0.2) is 15.0 Å². The highest BCUT2D eigenvalue weighted by atomic mass is 16.2. The molecule has 1 aromatic carbocycles. The Balaban J connectivity index is 1.59. The SMILES string of the molecule is O=C1CNCCN1c1cc(-c2nc(Nc3cnccn3)cc3ccccc23)ccn1. The van der Waals surface area contributed by atoms with Crippen LogP contribution < -0.4 is 15.5 Å². The number of fused-ring (bicyclic) bond motifs is 1. The third kappa shape index (κ3) is 3.56. The van der Waals surface area contributed by atoms with Gasteiger partial charge in [-0.15, -0.1) is 0 Å². The van der Waals surface area contributed by atoms with Crippen molar-refractivity contribution in [3.05, 3.63) is 67.3 Å². The predicted octanol–water partition coefficient (Wildman–Crippen LogP) is 2.77. The molecule has 8 nitrogen and oxygen atoms in total. The Morgan fingerprint density at radius 1 is 1.00 bits per heavy atom. The van der Waals surface area contributed by atoms with Crippen molar-refractivity contribution in [2.24, 2.45) is 0 Å². The molecular weight excluding hydrogens is 378 g/mol. The van der Waals surface area contributed by atoms with E-state index in [4.69, 9.17) is 4.98 Å². The summed E-state index contributed by atoms with van der Waals surface area (Å²) in [7, 11) is 0. The van der Waals surface area contributed by atoms with E-state index in [1.165, 1.54) is 0 Å². The van der Waals surface area contributed by atoms with E-state index in [0.717, 1.165) is 28.6 Å². The zero-order valence-electron chi connectivity index (χ0n) is 16.1. The van der Waals surface area contributed by atoms with E-state index in [0.29, 0.717) is 30.5 Å². The number of hydrogen-bond acceptors (Lipinski definition) is 7. The van der Waals surface area contributed by atoms with E-state index >= 15 is 0 Å². The van der Waals surface area contributed by atoms with Gasteiger partial charge in [0.25, 0.3) is 0 Å². The van der Waals surface area contributed by atoms with Gasteiger partial charge in [0.05, 0.1) is 18.4 Å². The summed E-state index contributed by atoms with van der Waals surface area (Å²) >= 11 is 0. The van der Waals surface area contributed by atoms with Gasteiger partial charge >= 0.3 is 0 Å². The smallest absolute Gasteiger partial charge is 0.242 e. The van der Waals surface area contributed by atoms with Gasteiger partial charge in [0.15, 0.2) is 0 Å². The minimum Gasteiger partial charge on any atom is -0.324 e. The molecule has 0 bridgehead atoms. The first-order valence-electron chi connectivity index (χ1n) is 9.68. The van der Waals surface area contributed by atoms with E-state index in [2.05, 4.69) is 25.6 Å². The van der Waals surface area contributed by atoms with Crippen LogP contribution in [0.2, 0.25) is 0 Å². The fourth-order valence-electron chi connectivity index (χ4n) is 3.54. The maximum absolute atomic E-state index is 12.3. The Morgan fingerprint density at radius 3 is 2.80 bits per heavy atom. The Kier molecular flexibility index (Phi) is 4.74. The molecule has 0 radical (unpaired) electrons. The number of benzene rings is 1. The third-order valence-electron chi connectivity index (χ3n) is 4.94. The molecule has 1 aliphatic heterocycles. The Labute approximate surface area is 173 Å². The van der Waals surface area contributed by atoms with E-state index < -0.39 is 0 Å². The second-order valence-electron chi connectivity index (χ2n) is 6.92. The molecule has 0 saturated carbocycles. The van der Waals surface area contributed by atoms with Gasteiger partial charge in [-0.3, -0.25) is 14.7 Å². The summed E-state index contributed by atoms with van der Waals surface area (Å²) in [6.07, 6.45) is 6.63. The number of nitrogens with zero attached hydrogens (tertiary/aromatic N) is 5. The molecule has 3 aromatic heterocycles. The van der Waals surface area contributed by atoms with Crippen LogP contribution in [0, 0.1) is 0 Å². The zero-order chi connectivity index (χ0) is 20.3. The maximum Gasteiger partial charge on any atom is 0.242 e. The number of amides is 1. The van der Waals surface area contributed by atoms with E-state index in [-0.39, 0.29) is 5.91 Å². The van der Waals surface area contributed by atoms with Gasteiger partial charge < -0.3 is 10.6 Å². The quantitative estimate of drug-likeness (QED) is 0.547. The molecule has 2 N–H and O–H groups in total. The van der Waals surface area contributed by atoms with Gasteiger partial charge in [-0.05, 0) is 23.6 Å². The fourth-order valence-corrected chi connectivity index (χ4v) is 3.54.